The zero-order chi connectivity index (χ0) is 17.0. The summed E-state index contributed by atoms with van der Waals surface area (Å²) in [6, 6.07) is 0. The molecule has 0 aromatic heterocycles. The van der Waals surface area contributed by atoms with Crippen LogP contribution in [0.5, 0.6) is 0 Å². The number of hydrogen-bond donors (Lipinski definition) is 4. The van der Waals surface area contributed by atoms with Crippen molar-refractivity contribution in [2.45, 2.75) is 51.9 Å². The van der Waals surface area contributed by atoms with E-state index in [4.69, 9.17) is 5.11 Å². The number of rotatable bonds is 14. The zero-order valence-corrected chi connectivity index (χ0v) is 14.8. The number of aliphatic hydroxyl groups excluding tert-OH is 3. The van der Waals surface area contributed by atoms with Gasteiger partial charge in [-0.05, 0) is 53.8 Å². The molecule has 0 radical (unpaired) electrons. The fraction of sp³-hybridized carbons (Fsp3) is 1.00. The minimum absolute atomic E-state index is 0.281. The van der Waals surface area contributed by atoms with Crippen molar-refractivity contribution in [3.8, 4) is 0 Å². The summed E-state index contributed by atoms with van der Waals surface area (Å²) < 4.78 is 0. The van der Waals surface area contributed by atoms with Crippen molar-refractivity contribution in [2.75, 3.05) is 52.9 Å². The van der Waals surface area contributed by atoms with Gasteiger partial charge in [0.25, 0.3) is 0 Å². The van der Waals surface area contributed by atoms with Gasteiger partial charge in [-0.15, -0.1) is 0 Å². The van der Waals surface area contributed by atoms with Gasteiger partial charge in [0, 0.05) is 32.7 Å². The lowest BCUT2D eigenvalue weighted by Crippen LogP contribution is -2.41. The van der Waals surface area contributed by atoms with Crippen LogP contribution in [0.15, 0.2) is 0 Å². The maximum Gasteiger partial charge on any atom is 0.0639 e. The van der Waals surface area contributed by atoms with Gasteiger partial charge in [-0.25, -0.2) is 0 Å². The van der Waals surface area contributed by atoms with Crippen LogP contribution in [0.25, 0.3) is 0 Å². The van der Waals surface area contributed by atoms with E-state index in [1.165, 1.54) is 0 Å². The Morgan fingerprint density at radius 2 is 1.41 bits per heavy atom. The lowest BCUT2D eigenvalue weighted by atomic mass is 10.2. The van der Waals surface area contributed by atoms with E-state index in [2.05, 4.69) is 22.2 Å². The van der Waals surface area contributed by atoms with Gasteiger partial charge >= 0.3 is 0 Å². The third-order valence-corrected chi connectivity index (χ3v) is 3.43. The van der Waals surface area contributed by atoms with Crippen LogP contribution < -0.4 is 5.32 Å². The Bertz CT molecular complexity index is 241. The van der Waals surface area contributed by atoms with E-state index in [0.29, 0.717) is 19.6 Å². The molecule has 3 atom stereocenters. The predicted octanol–water partition coefficient (Wildman–Crippen LogP) is -0.268. The number of nitrogens with one attached hydrogen (secondary N) is 1. The molecule has 0 saturated heterocycles. The minimum Gasteiger partial charge on any atom is -0.392 e. The highest BCUT2D eigenvalue weighted by Gasteiger charge is 2.11. The molecule has 3 unspecified atom stereocenters. The monoisotopic (exact) mass is 319 g/mol. The van der Waals surface area contributed by atoms with Gasteiger partial charge in [0.1, 0.15) is 0 Å². The fourth-order valence-corrected chi connectivity index (χ4v) is 2.37. The molecule has 0 aliphatic heterocycles. The Hall–Kier alpha value is -0.240. The first-order valence-corrected chi connectivity index (χ1v) is 8.47. The first-order valence-electron chi connectivity index (χ1n) is 8.47. The Balaban J connectivity index is 3.72. The Labute approximate surface area is 136 Å². The lowest BCUT2D eigenvalue weighted by Gasteiger charge is -2.27. The van der Waals surface area contributed by atoms with Crippen LogP contribution in [-0.2, 0) is 0 Å². The molecule has 0 saturated carbocycles. The van der Waals surface area contributed by atoms with E-state index in [-0.39, 0.29) is 18.3 Å². The third kappa shape index (κ3) is 14.7. The number of hydrogen-bond acceptors (Lipinski definition) is 6. The van der Waals surface area contributed by atoms with Crippen molar-refractivity contribution in [3.05, 3.63) is 0 Å². The first-order chi connectivity index (χ1) is 10.3. The summed E-state index contributed by atoms with van der Waals surface area (Å²) in [7, 11) is 2.10. The second kappa shape index (κ2) is 13.2. The summed E-state index contributed by atoms with van der Waals surface area (Å²) in [6.45, 7) is 11.0. The number of unbranched alkanes of at least 4 members (excludes halogenated alkanes) is 1. The summed E-state index contributed by atoms with van der Waals surface area (Å²) in [5, 5.41) is 31.4. The highest BCUT2D eigenvalue weighted by molar-refractivity contribution is 4.66. The molecule has 22 heavy (non-hydrogen) atoms. The smallest absolute Gasteiger partial charge is 0.0639 e. The molecule has 0 rings (SSSR count). The Morgan fingerprint density at radius 3 is 1.91 bits per heavy atom. The normalized spacial score (nSPS) is 16.2. The fourth-order valence-electron chi connectivity index (χ4n) is 2.37. The third-order valence-electron chi connectivity index (χ3n) is 3.43. The molecule has 0 spiro atoms. The highest BCUT2D eigenvalue weighted by Crippen LogP contribution is 1.98. The highest BCUT2D eigenvalue weighted by atomic mass is 16.3. The van der Waals surface area contributed by atoms with E-state index >= 15 is 0 Å². The van der Waals surface area contributed by atoms with Crippen LogP contribution in [0.2, 0.25) is 0 Å². The molecule has 0 amide bonds. The van der Waals surface area contributed by atoms with Gasteiger partial charge in [0.2, 0.25) is 0 Å². The standard InChI is InChI=1S/C16H37N3O3/c1-14(20)11-17-7-5-6-8-18(4)9-10-19(12-15(2)21)13-16(3)22/h14-17,20-22H,5-13H2,1-4H3. The quantitative estimate of drug-likeness (QED) is 0.330. The maximum atomic E-state index is 9.50. The number of likely N-dealkylation sites (N-methyl/N-ethyl adjacent to an activating group) is 1. The SMILES string of the molecule is CC(O)CNCCCCN(C)CCN(CC(C)O)CC(C)O. The molecule has 0 aliphatic rings. The van der Waals surface area contributed by atoms with Gasteiger partial charge in [-0.3, -0.25) is 4.90 Å². The summed E-state index contributed by atoms with van der Waals surface area (Å²) in [6.07, 6.45) is 1.20. The first kappa shape index (κ1) is 21.8. The van der Waals surface area contributed by atoms with E-state index < -0.39 is 0 Å². The van der Waals surface area contributed by atoms with Crippen LogP contribution >= 0.6 is 0 Å². The Kier molecular flexibility index (Phi) is 13.1. The number of aliphatic hydroxyl groups is 3. The average Bonchev–Trinajstić information content (AvgIpc) is 2.38. The van der Waals surface area contributed by atoms with E-state index in [1.807, 2.05) is 0 Å². The molecule has 0 heterocycles. The Morgan fingerprint density at radius 1 is 0.818 bits per heavy atom. The van der Waals surface area contributed by atoms with Crippen molar-refractivity contribution in [3.63, 3.8) is 0 Å². The summed E-state index contributed by atoms with van der Waals surface area (Å²) in [5.41, 5.74) is 0. The lowest BCUT2D eigenvalue weighted by molar-refractivity contribution is 0.0780. The molecule has 6 nitrogen and oxygen atoms in total. The van der Waals surface area contributed by atoms with E-state index in [1.54, 1.807) is 20.8 Å². The molecule has 0 aromatic carbocycles. The van der Waals surface area contributed by atoms with Crippen molar-refractivity contribution >= 4 is 0 Å². The van der Waals surface area contributed by atoms with Crippen LogP contribution in [0.3, 0.4) is 0 Å². The number of nitrogens with zero attached hydrogens (tertiary/aromatic N) is 2. The average molecular weight is 319 g/mol. The molecule has 0 aromatic rings. The van der Waals surface area contributed by atoms with Gasteiger partial charge in [0.05, 0.1) is 18.3 Å². The van der Waals surface area contributed by atoms with Crippen molar-refractivity contribution in [1.29, 1.82) is 0 Å². The summed E-state index contributed by atoms with van der Waals surface area (Å²) in [5.74, 6) is 0. The van der Waals surface area contributed by atoms with E-state index in [0.717, 1.165) is 39.0 Å². The summed E-state index contributed by atoms with van der Waals surface area (Å²) >= 11 is 0. The van der Waals surface area contributed by atoms with E-state index in [9.17, 15) is 10.2 Å². The second-order valence-corrected chi connectivity index (χ2v) is 6.52. The molecule has 0 fully saturated rings. The molecule has 4 N–H and O–H groups in total. The van der Waals surface area contributed by atoms with Crippen molar-refractivity contribution in [2.24, 2.45) is 0 Å². The molecular formula is C16H37N3O3. The topological polar surface area (TPSA) is 79.2 Å². The second-order valence-electron chi connectivity index (χ2n) is 6.52. The van der Waals surface area contributed by atoms with Crippen LogP contribution in [0.4, 0.5) is 0 Å². The zero-order valence-electron chi connectivity index (χ0n) is 14.8. The van der Waals surface area contributed by atoms with Crippen LogP contribution in [0.1, 0.15) is 33.6 Å². The van der Waals surface area contributed by atoms with Gasteiger partial charge in [0.15, 0.2) is 0 Å². The van der Waals surface area contributed by atoms with Crippen molar-refractivity contribution in [1.82, 2.24) is 15.1 Å². The molecule has 0 bridgehead atoms. The van der Waals surface area contributed by atoms with Gasteiger partial charge in [-0.1, -0.05) is 0 Å². The van der Waals surface area contributed by atoms with Gasteiger partial charge < -0.3 is 25.5 Å². The maximum absolute atomic E-state index is 9.50. The minimum atomic E-state index is -0.371. The van der Waals surface area contributed by atoms with Gasteiger partial charge in [-0.2, -0.15) is 0 Å². The molecule has 0 aliphatic carbocycles. The predicted molar refractivity (Wildman–Crippen MR) is 91.1 cm³/mol. The van der Waals surface area contributed by atoms with Crippen LogP contribution in [0, 0.1) is 0 Å². The largest absolute Gasteiger partial charge is 0.392 e. The van der Waals surface area contributed by atoms with Crippen molar-refractivity contribution < 1.29 is 15.3 Å². The van der Waals surface area contributed by atoms with Crippen LogP contribution in [-0.4, -0.2) is 96.3 Å². The molecule has 6 heteroatoms. The molecular weight excluding hydrogens is 282 g/mol. The molecule has 134 valence electrons. The summed E-state index contributed by atoms with van der Waals surface area (Å²) in [4.78, 5) is 4.39.